The van der Waals surface area contributed by atoms with Gasteiger partial charge in [-0.2, -0.15) is 5.10 Å². The van der Waals surface area contributed by atoms with Crippen molar-refractivity contribution in [2.24, 2.45) is 5.10 Å². The van der Waals surface area contributed by atoms with Crippen LogP contribution in [0.1, 0.15) is 11.1 Å². The number of hydrogen-bond donors (Lipinski definition) is 2. The summed E-state index contributed by atoms with van der Waals surface area (Å²) in [6, 6.07) is 13.3. The van der Waals surface area contributed by atoms with Gasteiger partial charge >= 0.3 is 11.8 Å². The van der Waals surface area contributed by atoms with E-state index in [9.17, 15) is 9.59 Å². The van der Waals surface area contributed by atoms with Crippen LogP contribution in [0.25, 0.3) is 0 Å². The lowest BCUT2D eigenvalue weighted by Gasteiger charge is -2.14. The molecule has 0 heterocycles. The van der Waals surface area contributed by atoms with Crippen LogP contribution in [0.4, 0.5) is 5.69 Å². The summed E-state index contributed by atoms with van der Waals surface area (Å²) in [5.74, 6) is -0.259. The third kappa shape index (κ3) is 7.28. The molecule has 0 fully saturated rings. The minimum Gasteiger partial charge on any atom is -0.497 e. The first-order valence-corrected chi connectivity index (χ1v) is 12.1. The van der Waals surface area contributed by atoms with Gasteiger partial charge in [-0.1, -0.05) is 29.3 Å². The molecule has 2 amide bonds. The van der Waals surface area contributed by atoms with Crippen molar-refractivity contribution in [3.05, 3.63) is 74.2 Å². The van der Waals surface area contributed by atoms with Crippen molar-refractivity contribution in [3.8, 4) is 23.0 Å². The van der Waals surface area contributed by atoms with E-state index in [1.807, 2.05) is 0 Å². The van der Waals surface area contributed by atoms with E-state index in [1.165, 1.54) is 33.6 Å². The number of halogens is 3. The maximum absolute atomic E-state index is 12.3. The predicted octanol–water partition coefficient (Wildman–Crippen LogP) is 5.45. The average Bonchev–Trinajstić information content (AvgIpc) is 2.88. The van der Waals surface area contributed by atoms with Gasteiger partial charge < -0.3 is 24.3 Å². The van der Waals surface area contributed by atoms with E-state index >= 15 is 0 Å². The lowest BCUT2D eigenvalue weighted by molar-refractivity contribution is -0.136. The molecule has 0 saturated carbocycles. The van der Waals surface area contributed by atoms with Crippen molar-refractivity contribution in [3.63, 3.8) is 0 Å². The Balaban J connectivity index is 1.66. The van der Waals surface area contributed by atoms with Gasteiger partial charge in [0.2, 0.25) is 0 Å². The van der Waals surface area contributed by atoms with Gasteiger partial charge in [0.25, 0.3) is 0 Å². The summed E-state index contributed by atoms with van der Waals surface area (Å²) >= 11 is 15.9. The average molecular weight is 611 g/mol. The van der Waals surface area contributed by atoms with E-state index < -0.39 is 11.8 Å². The van der Waals surface area contributed by atoms with E-state index in [4.69, 9.17) is 42.1 Å². The number of hydrazone groups is 1. The molecule has 0 spiro atoms. The maximum Gasteiger partial charge on any atom is 0.329 e. The van der Waals surface area contributed by atoms with Gasteiger partial charge in [-0.15, -0.1) is 0 Å². The Hall–Kier alpha value is -3.47. The number of methoxy groups -OCH3 is 3. The molecule has 0 atom stereocenters. The number of nitrogens with zero attached hydrogens (tertiary/aromatic N) is 1. The molecule has 12 heteroatoms. The molecule has 194 valence electrons. The molecule has 2 N–H and O–H groups in total. The second-order valence-electron chi connectivity index (χ2n) is 7.24. The third-order valence-electron chi connectivity index (χ3n) is 4.92. The van der Waals surface area contributed by atoms with Crippen LogP contribution in [0, 0.1) is 0 Å². The lowest BCUT2D eigenvalue weighted by atomic mass is 10.2. The number of carbonyl (C=O) groups is 2. The van der Waals surface area contributed by atoms with Gasteiger partial charge in [-0.3, -0.25) is 9.59 Å². The van der Waals surface area contributed by atoms with Gasteiger partial charge in [0.15, 0.2) is 11.5 Å². The fraction of sp³-hybridized carbons (Fsp3) is 0.160. The highest BCUT2D eigenvalue weighted by Gasteiger charge is 2.17. The summed E-state index contributed by atoms with van der Waals surface area (Å²) in [4.78, 5) is 24.5. The summed E-state index contributed by atoms with van der Waals surface area (Å²) < 4.78 is 22.2. The molecular weight excluding hydrogens is 589 g/mol. The SMILES string of the molecule is COc1ccc(OC)c(NC(=O)C(=O)N/N=C/c2cc(Br)c(OCc3c(Cl)cccc3Cl)c(OC)c2)c1. The molecule has 0 aliphatic rings. The normalized spacial score (nSPS) is 10.6. The molecule has 0 aliphatic carbocycles. The predicted molar refractivity (Wildman–Crippen MR) is 145 cm³/mol. The van der Waals surface area contributed by atoms with Gasteiger partial charge in [0, 0.05) is 21.7 Å². The van der Waals surface area contributed by atoms with Crippen molar-refractivity contribution in [2.75, 3.05) is 26.6 Å². The Bertz CT molecular complexity index is 1320. The van der Waals surface area contributed by atoms with E-state index in [1.54, 1.807) is 42.5 Å². The molecule has 0 radical (unpaired) electrons. The smallest absolute Gasteiger partial charge is 0.329 e. The zero-order chi connectivity index (χ0) is 26.9. The Kier molecular flexibility index (Phi) is 10.0. The van der Waals surface area contributed by atoms with E-state index in [0.717, 1.165) is 0 Å². The molecule has 3 aromatic rings. The first kappa shape index (κ1) is 28.1. The third-order valence-corrected chi connectivity index (χ3v) is 6.21. The van der Waals surface area contributed by atoms with Crippen molar-refractivity contribution in [1.29, 1.82) is 0 Å². The van der Waals surface area contributed by atoms with Crippen LogP contribution >= 0.6 is 39.1 Å². The first-order valence-electron chi connectivity index (χ1n) is 10.6. The van der Waals surface area contributed by atoms with E-state index in [2.05, 4.69) is 31.8 Å². The standard InChI is InChI=1S/C25H22BrCl2N3O6/c1-34-15-7-8-21(35-2)20(11-15)30-24(32)25(33)31-29-12-14-9-17(26)23(22(10-14)36-3)37-13-16-18(27)5-4-6-19(16)28/h4-12H,13H2,1-3H3,(H,30,32)(H,31,33)/b29-12+. The summed E-state index contributed by atoms with van der Waals surface area (Å²) in [6.45, 7) is 0.115. The fourth-order valence-electron chi connectivity index (χ4n) is 3.08. The van der Waals surface area contributed by atoms with Crippen molar-refractivity contribution in [2.45, 2.75) is 6.61 Å². The summed E-state index contributed by atoms with van der Waals surface area (Å²) in [5, 5.41) is 7.28. The maximum atomic E-state index is 12.3. The molecule has 3 aromatic carbocycles. The number of benzene rings is 3. The minimum absolute atomic E-state index is 0.115. The minimum atomic E-state index is -0.983. The van der Waals surface area contributed by atoms with Gasteiger partial charge in [-0.25, -0.2) is 5.43 Å². The van der Waals surface area contributed by atoms with Gasteiger partial charge in [0.05, 0.1) is 37.7 Å². The van der Waals surface area contributed by atoms with Gasteiger partial charge in [-0.05, 0) is 57.9 Å². The topological polar surface area (TPSA) is 107 Å². The largest absolute Gasteiger partial charge is 0.497 e. The Morgan fingerprint density at radius 1 is 0.946 bits per heavy atom. The van der Waals surface area contributed by atoms with Crippen molar-refractivity contribution >= 4 is 62.8 Å². The highest BCUT2D eigenvalue weighted by molar-refractivity contribution is 9.10. The molecule has 0 aromatic heterocycles. The highest BCUT2D eigenvalue weighted by Crippen LogP contribution is 2.38. The summed E-state index contributed by atoms with van der Waals surface area (Å²) in [5.41, 5.74) is 3.64. The molecule has 37 heavy (non-hydrogen) atoms. The molecule has 0 unspecified atom stereocenters. The summed E-state index contributed by atoms with van der Waals surface area (Å²) in [6.07, 6.45) is 1.35. The number of hydrogen-bond acceptors (Lipinski definition) is 7. The second-order valence-corrected chi connectivity index (χ2v) is 8.91. The number of amides is 2. The van der Waals surface area contributed by atoms with Crippen LogP contribution in [0.15, 0.2) is 58.1 Å². The Morgan fingerprint density at radius 3 is 2.30 bits per heavy atom. The zero-order valence-corrected chi connectivity index (χ0v) is 23.0. The van der Waals surface area contributed by atoms with E-state index in [0.29, 0.717) is 48.6 Å². The van der Waals surface area contributed by atoms with Crippen molar-refractivity contribution < 1.29 is 28.5 Å². The number of carbonyl (C=O) groups excluding carboxylic acids is 2. The van der Waals surface area contributed by atoms with Crippen LogP contribution in [0.5, 0.6) is 23.0 Å². The molecule has 3 rings (SSSR count). The number of ether oxygens (including phenoxy) is 4. The Morgan fingerprint density at radius 2 is 1.65 bits per heavy atom. The molecule has 0 aliphatic heterocycles. The number of anilines is 1. The van der Waals surface area contributed by atoms with E-state index in [-0.39, 0.29) is 12.3 Å². The number of nitrogens with one attached hydrogen (secondary N) is 2. The van der Waals surface area contributed by atoms with Crippen LogP contribution in [0.3, 0.4) is 0 Å². The summed E-state index contributed by atoms with van der Waals surface area (Å²) in [7, 11) is 4.41. The monoisotopic (exact) mass is 609 g/mol. The van der Waals surface area contributed by atoms with Crippen molar-refractivity contribution in [1.82, 2.24) is 5.43 Å². The van der Waals surface area contributed by atoms with Crippen LogP contribution in [0.2, 0.25) is 10.0 Å². The lowest BCUT2D eigenvalue weighted by Crippen LogP contribution is -2.32. The van der Waals surface area contributed by atoms with Crippen LogP contribution < -0.4 is 29.7 Å². The first-order chi connectivity index (χ1) is 17.8. The van der Waals surface area contributed by atoms with Crippen LogP contribution in [-0.4, -0.2) is 39.4 Å². The van der Waals surface area contributed by atoms with Gasteiger partial charge in [0.1, 0.15) is 18.1 Å². The molecule has 9 nitrogen and oxygen atoms in total. The molecule has 0 saturated heterocycles. The quantitative estimate of drug-likeness (QED) is 0.190. The molecule has 0 bridgehead atoms. The molecular formula is C25H22BrCl2N3O6. The highest BCUT2D eigenvalue weighted by atomic mass is 79.9. The van der Waals surface area contributed by atoms with Crippen LogP contribution in [-0.2, 0) is 16.2 Å². The Labute approximate surface area is 231 Å². The fourth-order valence-corrected chi connectivity index (χ4v) is 4.16. The second kappa shape index (κ2) is 13.2. The number of rotatable bonds is 9. The zero-order valence-electron chi connectivity index (χ0n) is 19.9.